The monoisotopic (exact) mass is 118 g/mol. The van der Waals surface area contributed by atoms with Crippen molar-refractivity contribution in [3.8, 4) is 0 Å². The van der Waals surface area contributed by atoms with E-state index in [4.69, 9.17) is 5.11 Å². The maximum absolute atomic E-state index is 10.2. The van der Waals surface area contributed by atoms with E-state index in [9.17, 15) is 9.59 Å². The highest BCUT2D eigenvalue weighted by atomic mass is 16.6. The van der Waals surface area contributed by atoms with Gasteiger partial charge in [-0.05, 0) is 0 Å². The molecule has 0 bridgehead atoms. The fourth-order valence-electron chi connectivity index (χ4n) is 0.247. The third kappa shape index (κ3) is 1.73. The Morgan fingerprint density at radius 2 is 2.00 bits per heavy atom. The number of carboxylic acid groups (broad SMARTS) is 1. The van der Waals surface area contributed by atoms with Gasteiger partial charge in [-0.25, -0.2) is 4.79 Å². The molecule has 0 fully saturated rings. The van der Waals surface area contributed by atoms with Crippen molar-refractivity contribution in [1.29, 1.82) is 0 Å². The Kier molecular flexibility index (Phi) is 2.19. The number of carbonyl (C=O) groups is 2. The summed E-state index contributed by atoms with van der Waals surface area (Å²) < 4.78 is 0. The Morgan fingerprint density at radius 1 is 1.62 bits per heavy atom. The van der Waals surface area contributed by atoms with Crippen molar-refractivity contribution >= 4 is 11.8 Å². The molecule has 3 nitrogen and oxygen atoms in total. The zero-order valence-electron chi connectivity index (χ0n) is 4.84. The van der Waals surface area contributed by atoms with Gasteiger partial charge in [-0.3, -0.25) is 4.79 Å². The molecule has 0 unspecified atom stereocenters. The van der Waals surface area contributed by atoms with Crippen molar-refractivity contribution in [1.82, 2.24) is 0 Å². The Balaban J connectivity index is 3.84. The summed E-state index contributed by atoms with van der Waals surface area (Å²) in [5, 5.41) is 8.00. The minimum atomic E-state index is -1.35. The largest absolute Gasteiger partial charge is 0.475 e. The van der Waals surface area contributed by atoms with Gasteiger partial charge >= 0.3 is 5.97 Å². The second-order valence-corrected chi connectivity index (χ2v) is 1.82. The van der Waals surface area contributed by atoms with Gasteiger partial charge in [0.15, 0.2) is 0 Å². The Morgan fingerprint density at radius 3 is 2.00 bits per heavy atom. The van der Waals surface area contributed by atoms with E-state index in [1.807, 2.05) is 0 Å². The summed E-state index contributed by atoms with van der Waals surface area (Å²) in [7, 11) is 0. The SMILES string of the molecule is CC(C)C(=O)[14C](=O)O. The number of hydrogen-bond donors (Lipinski definition) is 1. The summed E-state index contributed by atoms with van der Waals surface area (Å²) in [5.74, 6) is -2.47. The lowest BCUT2D eigenvalue weighted by Gasteiger charge is -1.93. The summed E-state index contributed by atoms with van der Waals surface area (Å²) >= 11 is 0. The molecule has 0 amide bonds. The summed E-state index contributed by atoms with van der Waals surface area (Å²) in [4.78, 5) is 20.0. The lowest BCUT2D eigenvalue weighted by molar-refractivity contribution is -0.150. The average molecular weight is 118 g/mol. The van der Waals surface area contributed by atoms with E-state index in [0.717, 1.165) is 0 Å². The minimum absolute atomic E-state index is 0.396. The Bertz CT molecular complexity index is 115. The smallest absolute Gasteiger partial charge is 0.372 e. The van der Waals surface area contributed by atoms with Gasteiger partial charge in [-0.1, -0.05) is 13.8 Å². The number of carboxylic acids is 1. The molecule has 0 aliphatic heterocycles. The summed E-state index contributed by atoms with van der Waals surface area (Å²) in [6, 6.07) is 0. The maximum Gasteiger partial charge on any atom is 0.372 e. The van der Waals surface area contributed by atoms with Crippen molar-refractivity contribution in [2.24, 2.45) is 5.92 Å². The predicted molar refractivity (Wildman–Crippen MR) is 27.5 cm³/mol. The highest BCUT2D eigenvalue weighted by molar-refractivity contribution is 6.33. The topological polar surface area (TPSA) is 54.4 Å². The molecule has 46 valence electrons. The van der Waals surface area contributed by atoms with E-state index < -0.39 is 17.7 Å². The lowest BCUT2D eigenvalue weighted by Crippen LogP contribution is -2.18. The van der Waals surface area contributed by atoms with E-state index >= 15 is 0 Å². The van der Waals surface area contributed by atoms with Crippen LogP contribution in [0.1, 0.15) is 13.8 Å². The van der Waals surface area contributed by atoms with Gasteiger partial charge in [0.05, 0.1) is 0 Å². The van der Waals surface area contributed by atoms with E-state index in [2.05, 4.69) is 0 Å². The zero-order valence-corrected chi connectivity index (χ0v) is 4.84. The molecule has 0 saturated carbocycles. The van der Waals surface area contributed by atoms with Gasteiger partial charge in [-0.15, -0.1) is 0 Å². The standard InChI is InChI=1S/C5H8O3/c1-3(2)4(6)5(7)8/h3H,1-2H3,(H,7,8)/i5+2. The minimum Gasteiger partial charge on any atom is -0.475 e. The first kappa shape index (κ1) is 7.14. The first-order valence-electron chi connectivity index (χ1n) is 2.33. The fraction of sp³-hybridized carbons (Fsp3) is 0.600. The third-order valence-corrected chi connectivity index (χ3v) is 0.735. The molecule has 0 aromatic carbocycles. The molecule has 0 heterocycles. The second kappa shape index (κ2) is 2.45. The lowest BCUT2D eigenvalue weighted by atomic mass is 10.2. The van der Waals surface area contributed by atoms with Gasteiger partial charge in [-0.2, -0.15) is 0 Å². The van der Waals surface area contributed by atoms with Crippen LogP contribution in [0.5, 0.6) is 0 Å². The molecule has 0 aliphatic rings. The van der Waals surface area contributed by atoms with Crippen molar-refractivity contribution in [3.05, 3.63) is 0 Å². The summed E-state index contributed by atoms with van der Waals surface area (Å²) in [6.07, 6.45) is 0. The molecular weight excluding hydrogens is 110 g/mol. The predicted octanol–water partition coefficient (Wildman–Crippen LogP) is 0.296. The van der Waals surface area contributed by atoms with Crippen LogP contribution in [-0.2, 0) is 9.59 Å². The first-order chi connectivity index (χ1) is 3.55. The van der Waals surface area contributed by atoms with Crippen LogP contribution in [0.2, 0.25) is 0 Å². The number of aliphatic carboxylic acids is 1. The molecule has 3 heteroatoms. The number of rotatable bonds is 2. The van der Waals surface area contributed by atoms with Crippen LogP contribution in [0.4, 0.5) is 0 Å². The van der Waals surface area contributed by atoms with Gasteiger partial charge in [0.1, 0.15) is 0 Å². The maximum atomic E-state index is 10.2. The first-order valence-corrected chi connectivity index (χ1v) is 2.33. The molecule has 1 N–H and O–H groups in total. The molecule has 8 heavy (non-hydrogen) atoms. The highest BCUT2D eigenvalue weighted by Gasteiger charge is 2.14. The molecule has 0 radical (unpaired) electrons. The van der Waals surface area contributed by atoms with Gasteiger partial charge in [0.2, 0.25) is 5.78 Å². The molecule has 0 aliphatic carbocycles. The van der Waals surface area contributed by atoms with Gasteiger partial charge < -0.3 is 5.11 Å². The molecule has 0 saturated heterocycles. The van der Waals surface area contributed by atoms with Crippen LogP contribution in [0.15, 0.2) is 0 Å². The summed E-state index contributed by atoms with van der Waals surface area (Å²) in [5.41, 5.74) is 0. The Hall–Kier alpha value is -0.860. The van der Waals surface area contributed by atoms with Gasteiger partial charge in [0.25, 0.3) is 0 Å². The third-order valence-electron chi connectivity index (χ3n) is 0.735. The van der Waals surface area contributed by atoms with Crippen LogP contribution in [0.3, 0.4) is 0 Å². The Labute approximate surface area is 47.3 Å². The van der Waals surface area contributed by atoms with E-state index in [1.54, 1.807) is 13.8 Å². The highest BCUT2D eigenvalue weighted by Crippen LogP contribution is 1.92. The number of hydrogen-bond acceptors (Lipinski definition) is 2. The van der Waals surface area contributed by atoms with Crippen LogP contribution in [-0.4, -0.2) is 16.9 Å². The fourth-order valence-corrected chi connectivity index (χ4v) is 0.247. The molecule has 0 atom stereocenters. The van der Waals surface area contributed by atoms with E-state index in [1.165, 1.54) is 0 Å². The van der Waals surface area contributed by atoms with Crippen LogP contribution < -0.4 is 0 Å². The second-order valence-electron chi connectivity index (χ2n) is 1.82. The molecular formula is C5H8O3. The number of carbonyl (C=O) groups excluding carboxylic acids is 1. The average Bonchev–Trinajstić information content (AvgIpc) is 1.64. The molecule has 0 aromatic rings. The summed E-state index contributed by atoms with van der Waals surface area (Å²) in [6.45, 7) is 3.10. The van der Waals surface area contributed by atoms with E-state index in [0.29, 0.717) is 0 Å². The quantitative estimate of drug-likeness (QED) is 0.530. The molecule has 0 rings (SSSR count). The number of Topliss-reactive ketones (excluding diaryl/α,β-unsaturated/α-hetero) is 1. The molecule has 0 aromatic heterocycles. The van der Waals surface area contributed by atoms with Crippen molar-refractivity contribution in [2.45, 2.75) is 13.8 Å². The van der Waals surface area contributed by atoms with Crippen molar-refractivity contribution < 1.29 is 14.7 Å². The van der Waals surface area contributed by atoms with Crippen LogP contribution in [0, 0.1) is 5.92 Å². The van der Waals surface area contributed by atoms with Crippen molar-refractivity contribution in [3.63, 3.8) is 0 Å². The van der Waals surface area contributed by atoms with Gasteiger partial charge in [0, 0.05) is 5.92 Å². The van der Waals surface area contributed by atoms with Crippen LogP contribution >= 0.6 is 0 Å². The van der Waals surface area contributed by atoms with Crippen LogP contribution in [0.25, 0.3) is 0 Å². The normalized spacial score (nSPS) is 9.38. The van der Waals surface area contributed by atoms with E-state index in [-0.39, 0.29) is 0 Å². The number of ketones is 1. The molecule has 0 spiro atoms. The zero-order chi connectivity index (χ0) is 6.73. The van der Waals surface area contributed by atoms with Crippen molar-refractivity contribution in [2.75, 3.05) is 0 Å².